The van der Waals surface area contributed by atoms with E-state index in [4.69, 9.17) is 5.11 Å². The number of carboxylic acids is 1. The highest BCUT2D eigenvalue weighted by Crippen LogP contribution is 2.35. The summed E-state index contributed by atoms with van der Waals surface area (Å²) in [5.74, 6) is 0.0989. The van der Waals surface area contributed by atoms with Crippen LogP contribution in [0.2, 0.25) is 0 Å². The van der Waals surface area contributed by atoms with E-state index < -0.39 is 5.97 Å². The minimum Gasteiger partial charge on any atom is -0.481 e. The summed E-state index contributed by atoms with van der Waals surface area (Å²) in [6.45, 7) is 0. The minimum absolute atomic E-state index is 0.248. The first kappa shape index (κ1) is 8.05. The lowest BCUT2D eigenvalue weighted by Crippen LogP contribution is -2.30. The molecule has 1 heterocycles. The van der Waals surface area contributed by atoms with Crippen LogP contribution in [-0.4, -0.2) is 23.2 Å². The van der Waals surface area contributed by atoms with Crippen molar-refractivity contribution in [3.63, 3.8) is 0 Å². The number of nitrogens with one attached hydrogen (secondary N) is 1. The van der Waals surface area contributed by atoms with E-state index >= 15 is 0 Å². The van der Waals surface area contributed by atoms with Crippen molar-refractivity contribution in [1.82, 2.24) is 5.32 Å². The van der Waals surface area contributed by atoms with Gasteiger partial charge in [0.05, 0.1) is 6.42 Å². The van der Waals surface area contributed by atoms with Crippen molar-refractivity contribution < 1.29 is 9.90 Å². The molecule has 0 amide bonds. The molecule has 2 fully saturated rings. The quantitative estimate of drug-likeness (QED) is 0.648. The smallest absolute Gasteiger partial charge is 0.304 e. The topological polar surface area (TPSA) is 49.3 Å². The molecule has 3 atom stereocenters. The van der Waals surface area contributed by atoms with Gasteiger partial charge < -0.3 is 10.4 Å². The molecule has 3 nitrogen and oxygen atoms in total. The summed E-state index contributed by atoms with van der Waals surface area (Å²) >= 11 is 0. The summed E-state index contributed by atoms with van der Waals surface area (Å²) in [5.41, 5.74) is 0. The Hall–Kier alpha value is -0.570. The van der Waals surface area contributed by atoms with Crippen molar-refractivity contribution >= 4 is 5.97 Å². The Kier molecular flexibility index (Phi) is 2.05. The predicted molar refractivity (Wildman–Crippen MR) is 44.9 cm³/mol. The molecule has 68 valence electrons. The van der Waals surface area contributed by atoms with Crippen molar-refractivity contribution in [2.24, 2.45) is 5.92 Å². The molecule has 0 aromatic carbocycles. The van der Waals surface area contributed by atoms with Gasteiger partial charge in [-0.25, -0.2) is 0 Å². The molecular weight excluding hydrogens is 154 g/mol. The average Bonchev–Trinajstić information content (AvgIpc) is 2.43. The van der Waals surface area contributed by atoms with Crippen LogP contribution in [0.3, 0.4) is 0 Å². The van der Waals surface area contributed by atoms with Gasteiger partial charge in [-0.2, -0.15) is 0 Å². The van der Waals surface area contributed by atoms with Gasteiger partial charge in [0.25, 0.3) is 0 Å². The fourth-order valence-corrected chi connectivity index (χ4v) is 2.63. The first-order valence-electron chi connectivity index (χ1n) is 4.73. The fourth-order valence-electron chi connectivity index (χ4n) is 2.63. The molecule has 0 bridgehead atoms. The molecule has 12 heavy (non-hydrogen) atoms. The number of rotatable bonds is 2. The molecule has 1 aliphatic heterocycles. The first-order valence-corrected chi connectivity index (χ1v) is 4.73. The van der Waals surface area contributed by atoms with Gasteiger partial charge in [0.2, 0.25) is 0 Å². The van der Waals surface area contributed by atoms with Crippen LogP contribution in [0.25, 0.3) is 0 Å². The van der Waals surface area contributed by atoms with Crippen molar-refractivity contribution in [2.75, 3.05) is 0 Å². The largest absolute Gasteiger partial charge is 0.481 e. The Morgan fingerprint density at radius 1 is 1.50 bits per heavy atom. The van der Waals surface area contributed by atoms with E-state index in [2.05, 4.69) is 5.32 Å². The minimum atomic E-state index is -0.674. The van der Waals surface area contributed by atoms with Gasteiger partial charge in [-0.15, -0.1) is 0 Å². The van der Waals surface area contributed by atoms with Gasteiger partial charge in [-0.3, -0.25) is 4.79 Å². The van der Waals surface area contributed by atoms with Crippen LogP contribution >= 0.6 is 0 Å². The fraction of sp³-hybridized carbons (Fsp3) is 0.889. The van der Waals surface area contributed by atoms with Gasteiger partial charge >= 0.3 is 5.97 Å². The second kappa shape index (κ2) is 3.05. The number of hydrogen-bond donors (Lipinski definition) is 2. The summed E-state index contributed by atoms with van der Waals surface area (Å²) in [6.07, 6.45) is 5.25. The Morgan fingerprint density at radius 2 is 2.33 bits per heavy atom. The monoisotopic (exact) mass is 169 g/mol. The number of carboxylic acid groups (broad SMARTS) is 1. The number of carbonyl (C=O) groups is 1. The zero-order valence-corrected chi connectivity index (χ0v) is 7.12. The third kappa shape index (κ3) is 1.46. The molecule has 1 aliphatic carbocycles. The third-order valence-electron chi connectivity index (χ3n) is 3.12. The first-order chi connectivity index (χ1) is 5.75. The molecule has 1 unspecified atom stereocenters. The van der Waals surface area contributed by atoms with Crippen LogP contribution in [0.15, 0.2) is 0 Å². The lowest BCUT2D eigenvalue weighted by molar-refractivity contribution is -0.137. The highest BCUT2D eigenvalue weighted by Gasteiger charge is 2.37. The molecule has 0 spiro atoms. The van der Waals surface area contributed by atoms with E-state index in [0.29, 0.717) is 12.5 Å². The average molecular weight is 169 g/mol. The molecule has 3 heteroatoms. The number of fused-ring (bicyclic) bond motifs is 1. The Morgan fingerprint density at radius 3 is 3.00 bits per heavy atom. The highest BCUT2D eigenvalue weighted by atomic mass is 16.4. The maximum absolute atomic E-state index is 10.4. The molecule has 2 aliphatic rings. The molecular formula is C9H15NO2. The maximum Gasteiger partial charge on any atom is 0.304 e. The molecule has 1 saturated carbocycles. The molecule has 2 rings (SSSR count). The summed E-state index contributed by atoms with van der Waals surface area (Å²) < 4.78 is 0. The molecule has 2 N–H and O–H groups in total. The summed E-state index contributed by atoms with van der Waals surface area (Å²) in [7, 11) is 0. The SMILES string of the molecule is O=C(O)CC1C[C@@H]2CCC[C@@H]2N1. The van der Waals surface area contributed by atoms with Gasteiger partial charge in [0.15, 0.2) is 0 Å². The van der Waals surface area contributed by atoms with Crippen LogP contribution < -0.4 is 5.32 Å². The van der Waals surface area contributed by atoms with Crippen molar-refractivity contribution in [1.29, 1.82) is 0 Å². The van der Waals surface area contributed by atoms with E-state index in [1.807, 2.05) is 0 Å². The van der Waals surface area contributed by atoms with Gasteiger partial charge in [-0.05, 0) is 25.2 Å². The van der Waals surface area contributed by atoms with Crippen LogP contribution in [0, 0.1) is 5.92 Å². The second-order valence-electron chi connectivity index (χ2n) is 3.99. The van der Waals surface area contributed by atoms with Crippen LogP contribution in [0.5, 0.6) is 0 Å². The van der Waals surface area contributed by atoms with Crippen molar-refractivity contribution in [3.05, 3.63) is 0 Å². The lowest BCUT2D eigenvalue weighted by atomic mass is 10.0. The van der Waals surface area contributed by atoms with E-state index in [0.717, 1.165) is 12.3 Å². The Balaban J connectivity index is 1.86. The van der Waals surface area contributed by atoms with Crippen molar-refractivity contribution in [2.45, 2.75) is 44.2 Å². The van der Waals surface area contributed by atoms with Crippen LogP contribution in [0.1, 0.15) is 32.1 Å². The molecule has 1 saturated heterocycles. The zero-order valence-electron chi connectivity index (χ0n) is 7.12. The molecule has 0 aromatic rings. The number of aliphatic carboxylic acids is 1. The molecule has 0 aromatic heterocycles. The second-order valence-corrected chi connectivity index (χ2v) is 3.99. The van der Waals surface area contributed by atoms with E-state index in [9.17, 15) is 4.79 Å². The van der Waals surface area contributed by atoms with Crippen LogP contribution in [-0.2, 0) is 4.79 Å². The highest BCUT2D eigenvalue weighted by molar-refractivity contribution is 5.67. The Bertz CT molecular complexity index is 181. The lowest BCUT2D eigenvalue weighted by Gasteiger charge is -2.09. The third-order valence-corrected chi connectivity index (χ3v) is 3.12. The van der Waals surface area contributed by atoms with Crippen LogP contribution in [0.4, 0.5) is 0 Å². The van der Waals surface area contributed by atoms with Gasteiger partial charge in [-0.1, -0.05) is 6.42 Å². The Labute approximate surface area is 72.2 Å². The zero-order chi connectivity index (χ0) is 8.55. The van der Waals surface area contributed by atoms with E-state index in [-0.39, 0.29) is 6.04 Å². The van der Waals surface area contributed by atoms with Gasteiger partial charge in [0.1, 0.15) is 0 Å². The van der Waals surface area contributed by atoms with Crippen molar-refractivity contribution in [3.8, 4) is 0 Å². The summed E-state index contributed by atoms with van der Waals surface area (Å²) in [6, 6.07) is 0.882. The van der Waals surface area contributed by atoms with E-state index in [1.165, 1.54) is 19.3 Å². The standard InChI is InChI=1S/C9H15NO2/c11-9(12)5-7-4-6-2-1-3-8(6)10-7/h6-8,10H,1-5H2,(H,11,12)/t6-,7?,8-/m0/s1. The summed E-state index contributed by atoms with van der Waals surface area (Å²) in [5, 5.41) is 12.0. The number of hydrogen-bond acceptors (Lipinski definition) is 2. The van der Waals surface area contributed by atoms with Gasteiger partial charge in [0, 0.05) is 12.1 Å². The summed E-state index contributed by atoms with van der Waals surface area (Å²) in [4.78, 5) is 10.4. The predicted octanol–water partition coefficient (Wildman–Crippen LogP) is 0.992. The normalized spacial score (nSPS) is 39.8. The maximum atomic E-state index is 10.4. The van der Waals surface area contributed by atoms with E-state index in [1.54, 1.807) is 0 Å². The molecule has 0 radical (unpaired) electrons.